The molecule has 3 aromatic heterocycles. The van der Waals surface area contributed by atoms with Crippen LogP contribution in [0.15, 0.2) is 36.8 Å². The number of amides is 1. The van der Waals surface area contributed by atoms with E-state index in [1.165, 1.54) is 0 Å². The summed E-state index contributed by atoms with van der Waals surface area (Å²) in [5.41, 5.74) is 4.40. The molecule has 0 aliphatic carbocycles. The lowest BCUT2D eigenvalue weighted by Gasteiger charge is -2.30. The second-order valence-electron chi connectivity index (χ2n) is 7.30. The number of anilines is 1. The highest BCUT2D eigenvalue weighted by molar-refractivity contribution is 6.01. The van der Waals surface area contributed by atoms with Crippen molar-refractivity contribution in [2.75, 3.05) is 24.7 Å². The quantitative estimate of drug-likeness (QED) is 0.741. The molecule has 2 N–H and O–H groups in total. The lowest BCUT2D eigenvalue weighted by atomic mass is 9.99. The first-order valence-electron chi connectivity index (χ1n) is 9.16. The van der Waals surface area contributed by atoms with E-state index in [9.17, 15) is 9.90 Å². The van der Waals surface area contributed by atoms with Crippen LogP contribution in [0.4, 0.5) is 5.69 Å². The Hall–Kier alpha value is -2.77. The molecule has 27 heavy (non-hydrogen) atoms. The van der Waals surface area contributed by atoms with E-state index < -0.39 is 6.10 Å². The highest BCUT2D eigenvalue weighted by atomic mass is 16.5. The van der Waals surface area contributed by atoms with Crippen LogP contribution in [0.1, 0.15) is 12.1 Å². The molecule has 138 valence electrons. The lowest BCUT2D eigenvalue weighted by Crippen LogP contribution is -2.39. The van der Waals surface area contributed by atoms with Gasteiger partial charge in [-0.2, -0.15) is 0 Å². The summed E-state index contributed by atoms with van der Waals surface area (Å²) in [7, 11) is 0. The summed E-state index contributed by atoms with van der Waals surface area (Å²) >= 11 is 0. The summed E-state index contributed by atoms with van der Waals surface area (Å²) in [5.74, 6) is 0.180. The van der Waals surface area contributed by atoms with Gasteiger partial charge in [0.25, 0.3) is 0 Å². The van der Waals surface area contributed by atoms with Gasteiger partial charge < -0.3 is 19.7 Å². The Morgan fingerprint density at radius 2 is 2.07 bits per heavy atom. The first-order chi connectivity index (χ1) is 13.2. The van der Waals surface area contributed by atoms with E-state index in [4.69, 9.17) is 4.74 Å². The van der Waals surface area contributed by atoms with Crippen LogP contribution in [-0.2, 0) is 16.0 Å². The van der Waals surface area contributed by atoms with E-state index in [-0.39, 0.29) is 11.8 Å². The monoisotopic (exact) mass is 364 g/mol. The minimum atomic E-state index is -0.454. The van der Waals surface area contributed by atoms with Gasteiger partial charge in [0.1, 0.15) is 5.65 Å². The van der Waals surface area contributed by atoms with Crippen LogP contribution >= 0.6 is 0 Å². The molecule has 0 unspecified atom stereocenters. The van der Waals surface area contributed by atoms with Crippen molar-refractivity contribution in [3.8, 4) is 11.1 Å². The largest absolute Gasteiger partial charge is 0.391 e. The van der Waals surface area contributed by atoms with Gasteiger partial charge in [0, 0.05) is 47.6 Å². The minimum absolute atomic E-state index is 0.0499. The van der Waals surface area contributed by atoms with E-state index in [1.807, 2.05) is 24.5 Å². The zero-order valence-corrected chi connectivity index (χ0v) is 14.8. The fraction of sp³-hybridized carbons (Fsp3) is 0.350. The number of aromatic nitrogens is 3. The molecular formula is C20H20N4O3. The number of ether oxygens (including phenoxy) is 1. The maximum atomic E-state index is 12.5. The Morgan fingerprint density at radius 3 is 2.96 bits per heavy atom. The van der Waals surface area contributed by atoms with Crippen molar-refractivity contribution in [1.29, 1.82) is 0 Å². The second kappa shape index (κ2) is 6.44. The first-order valence-corrected chi connectivity index (χ1v) is 9.16. The molecule has 7 heteroatoms. The molecule has 2 aliphatic heterocycles. The molecule has 7 nitrogen and oxygen atoms in total. The van der Waals surface area contributed by atoms with E-state index in [1.54, 1.807) is 11.1 Å². The van der Waals surface area contributed by atoms with Crippen molar-refractivity contribution in [2.45, 2.75) is 18.9 Å². The number of nitrogens with zero attached hydrogens (tertiary/aromatic N) is 3. The molecule has 5 heterocycles. The molecule has 0 bridgehead atoms. The Labute approximate surface area is 156 Å². The maximum absolute atomic E-state index is 12.5. The van der Waals surface area contributed by atoms with Crippen molar-refractivity contribution < 1.29 is 14.6 Å². The van der Waals surface area contributed by atoms with Gasteiger partial charge in [0.15, 0.2) is 0 Å². The summed E-state index contributed by atoms with van der Waals surface area (Å²) in [6.07, 6.45) is 6.00. The predicted molar refractivity (Wildman–Crippen MR) is 100 cm³/mol. The highest BCUT2D eigenvalue weighted by Gasteiger charge is 2.32. The van der Waals surface area contributed by atoms with E-state index in [0.29, 0.717) is 32.6 Å². The van der Waals surface area contributed by atoms with Gasteiger partial charge >= 0.3 is 0 Å². The molecule has 5 rings (SSSR count). The average molecular weight is 364 g/mol. The average Bonchev–Trinajstić information content (AvgIpc) is 3.25. The molecule has 1 saturated heterocycles. The number of nitrogens with one attached hydrogen (secondary N) is 1. The van der Waals surface area contributed by atoms with E-state index in [2.05, 4.69) is 21.0 Å². The summed E-state index contributed by atoms with van der Waals surface area (Å²) in [6, 6.07) is 6.06. The first kappa shape index (κ1) is 16.4. The Balaban J connectivity index is 1.46. The standard InChI is InChI=1S/C20H20N4O3/c25-16-3-12(10-27-11-16)9-24-18-5-15(7-22-17(18)6-19(24)26)14-4-13-1-2-21-20(13)23-8-14/h1-2,4-5,7-8,12,16,25H,3,6,9-11H2,(H,21,23)/t12-,16-/m0/s1. The number of fused-ring (bicyclic) bond motifs is 2. The van der Waals surface area contributed by atoms with E-state index >= 15 is 0 Å². The SMILES string of the molecule is O=C1Cc2ncc(-c3cnc4[nH]ccc4c3)cc2N1C[C@H]1COC[C@@H](O)C1. The fourth-order valence-corrected chi connectivity index (χ4v) is 3.96. The molecule has 1 amide bonds. The fourth-order valence-electron chi connectivity index (χ4n) is 3.96. The number of hydrogen-bond acceptors (Lipinski definition) is 5. The molecule has 0 radical (unpaired) electrons. The van der Waals surface area contributed by atoms with Crippen molar-refractivity contribution >= 4 is 22.6 Å². The van der Waals surface area contributed by atoms with Gasteiger partial charge in [0.05, 0.1) is 37.1 Å². The number of pyridine rings is 2. The molecule has 0 aromatic carbocycles. The van der Waals surface area contributed by atoms with Gasteiger partial charge in [-0.1, -0.05) is 0 Å². The van der Waals surface area contributed by atoms with Crippen LogP contribution in [0, 0.1) is 5.92 Å². The molecule has 0 saturated carbocycles. The number of carbonyl (C=O) groups excluding carboxylic acids is 1. The van der Waals surface area contributed by atoms with Crippen LogP contribution < -0.4 is 4.90 Å². The van der Waals surface area contributed by atoms with Crippen LogP contribution in [0.3, 0.4) is 0 Å². The number of aliphatic hydroxyl groups is 1. The normalized spacial score (nSPS) is 22.4. The molecule has 2 atom stereocenters. The number of hydrogen-bond donors (Lipinski definition) is 2. The number of rotatable bonds is 3. The summed E-state index contributed by atoms with van der Waals surface area (Å²) in [6.45, 7) is 1.49. The van der Waals surface area contributed by atoms with Crippen molar-refractivity contribution in [3.63, 3.8) is 0 Å². The molecule has 2 aliphatic rings. The molecule has 3 aromatic rings. The molecule has 0 spiro atoms. The number of carbonyl (C=O) groups is 1. The van der Waals surface area contributed by atoms with Crippen LogP contribution in [-0.4, -0.2) is 51.8 Å². The topological polar surface area (TPSA) is 91.3 Å². The van der Waals surface area contributed by atoms with Crippen LogP contribution in [0.5, 0.6) is 0 Å². The second-order valence-corrected chi connectivity index (χ2v) is 7.30. The van der Waals surface area contributed by atoms with Crippen molar-refractivity contribution in [1.82, 2.24) is 15.0 Å². The predicted octanol–water partition coefficient (Wildman–Crippen LogP) is 1.91. The summed E-state index contributed by atoms with van der Waals surface area (Å²) < 4.78 is 5.44. The van der Waals surface area contributed by atoms with Gasteiger partial charge in [-0.05, 0) is 24.6 Å². The third-order valence-electron chi connectivity index (χ3n) is 5.30. The summed E-state index contributed by atoms with van der Waals surface area (Å²) in [4.78, 5) is 26.4. The minimum Gasteiger partial charge on any atom is -0.391 e. The van der Waals surface area contributed by atoms with Crippen LogP contribution in [0.2, 0.25) is 0 Å². The van der Waals surface area contributed by atoms with E-state index in [0.717, 1.165) is 33.5 Å². The lowest BCUT2D eigenvalue weighted by molar-refractivity contribution is -0.117. The van der Waals surface area contributed by atoms with Gasteiger partial charge in [-0.15, -0.1) is 0 Å². The Bertz CT molecular complexity index is 1020. The van der Waals surface area contributed by atoms with Gasteiger partial charge in [-0.3, -0.25) is 9.78 Å². The van der Waals surface area contributed by atoms with Gasteiger partial charge in [-0.25, -0.2) is 4.98 Å². The zero-order chi connectivity index (χ0) is 18.4. The van der Waals surface area contributed by atoms with Crippen LogP contribution in [0.25, 0.3) is 22.2 Å². The van der Waals surface area contributed by atoms with Crippen molar-refractivity contribution in [3.05, 3.63) is 42.5 Å². The maximum Gasteiger partial charge on any atom is 0.233 e. The third kappa shape index (κ3) is 2.98. The van der Waals surface area contributed by atoms with Crippen molar-refractivity contribution in [2.24, 2.45) is 5.92 Å². The number of H-pyrrole nitrogens is 1. The Kier molecular flexibility index (Phi) is 3.91. The smallest absolute Gasteiger partial charge is 0.233 e. The summed E-state index contributed by atoms with van der Waals surface area (Å²) in [5, 5.41) is 10.9. The third-order valence-corrected chi connectivity index (χ3v) is 5.30. The zero-order valence-electron chi connectivity index (χ0n) is 14.8. The molecular weight excluding hydrogens is 344 g/mol. The highest BCUT2D eigenvalue weighted by Crippen LogP contribution is 2.33. The van der Waals surface area contributed by atoms with Gasteiger partial charge in [0.2, 0.25) is 5.91 Å². The number of aliphatic hydroxyl groups excluding tert-OH is 1. The molecule has 1 fully saturated rings. The Morgan fingerprint density at radius 1 is 1.22 bits per heavy atom. The number of aromatic amines is 1.